The van der Waals surface area contributed by atoms with Crippen molar-refractivity contribution >= 4 is 23.0 Å². The normalized spacial score (nSPS) is 13.7. The van der Waals surface area contributed by atoms with Crippen molar-refractivity contribution in [2.24, 2.45) is 10.7 Å². The largest absolute Gasteiger partial charge is 0.430 e. The van der Waals surface area contributed by atoms with Crippen LogP contribution in [0.4, 0.5) is 36.4 Å². The van der Waals surface area contributed by atoms with Gasteiger partial charge in [0.2, 0.25) is 0 Å². The SMILES string of the molecule is NC(=CC(Cc1ncc(Cl)cc1F)=Nc1ccc(C(F)(F)F)cc1)C(F)(F)F. The van der Waals surface area contributed by atoms with Gasteiger partial charge in [0, 0.05) is 18.3 Å². The van der Waals surface area contributed by atoms with Gasteiger partial charge in [-0.05, 0) is 36.4 Å². The van der Waals surface area contributed by atoms with Crippen molar-refractivity contribution in [3.8, 4) is 0 Å². The molecule has 0 aliphatic rings. The molecule has 11 heteroatoms. The zero-order chi connectivity index (χ0) is 21.1. The number of allylic oxidation sites excluding steroid dienone is 2. The molecule has 2 aromatic rings. The van der Waals surface area contributed by atoms with E-state index in [1.54, 1.807) is 0 Å². The van der Waals surface area contributed by atoms with Crippen LogP contribution in [0, 0.1) is 5.82 Å². The number of rotatable bonds is 4. The molecule has 28 heavy (non-hydrogen) atoms. The van der Waals surface area contributed by atoms with Gasteiger partial charge in [-0.3, -0.25) is 9.98 Å². The van der Waals surface area contributed by atoms with Crippen LogP contribution in [0.25, 0.3) is 0 Å². The van der Waals surface area contributed by atoms with Crippen molar-refractivity contribution in [2.75, 3.05) is 0 Å². The molecule has 0 amide bonds. The third kappa shape index (κ3) is 5.95. The van der Waals surface area contributed by atoms with Crippen LogP contribution in [0.1, 0.15) is 11.3 Å². The maximum Gasteiger partial charge on any atom is 0.430 e. The van der Waals surface area contributed by atoms with E-state index in [-0.39, 0.29) is 22.1 Å². The minimum absolute atomic E-state index is 0.0205. The Hall–Kier alpha value is -2.62. The number of pyridine rings is 1. The number of hydrogen-bond donors (Lipinski definition) is 1. The van der Waals surface area contributed by atoms with E-state index in [1.165, 1.54) is 0 Å². The molecule has 0 bridgehead atoms. The summed E-state index contributed by atoms with van der Waals surface area (Å²) in [5.41, 5.74) is 1.81. The molecule has 0 unspecified atom stereocenters. The summed E-state index contributed by atoms with van der Waals surface area (Å²) in [6.45, 7) is 0. The second kappa shape index (κ2) is 8.17. The van der Waals surface area contributed by atoms with E-state index in [9.17, 15) is 30.7 Å². The van der Waals surface area contributed by atoms with Crippen molar-refractivity contribution in [1.29, 1.82) is 0 Å². The number of nitrogens with zero attached hydrogens (tertiary/aromatic N) is 2. The molecule has 1 heterocycles. The summed E-state index contributed by atoms with van der Waals surface area (Å²) in [4.78, 5) is 7.53. The molecule has 150 valence electrons. The fourth-order valence-electron chi connectivity index (χ4n) is 2.02. The second-order valence-electron chi connectivity index (χ2n) is 5.50. The summed E-state index contributed by atoms with van der Waals surface area (Å²) in [5, 5.41) is -0.0205. The van der Waals surface area contributed by atoms with E-state index in [1.807, 2.05) is 0 Å². The van der Waals surface area contributed by atoms with Gasteiger partial charge in [0.25, 0.3) is 0 Å². The van der Waals surface area contributed by atoms with Gasteiger partial charge >= 0.3 is 12.4 Å². The van der Waals surface area contributed by atoms with Gasteiger partial charge in [-0.2, -0.15) is 26.3 Å². The standard InChI is InChI=1S/C17H11ClF7N3/c18-10-5-13(19)14(27-8-10)6-12(7-15(26)17(23,24)25)28-11-3-1-9(2-4-11)16(20,21)22/h1-5,7-8H,6,26H2. The quantitative estimate of drug-likeness (QED) is 0.511. The molecular weight excluding hydrogens is 415 g/mol. The van der Waals surface area contributed by atoms with Crippen LogP contribution >= 0.6 is 11.6 Å². The molecule has 1 aromatic heterocycles. The first-order valence-corrected chi connectivity index (χ1v) is 7.83. The molecule has 0 radical (unpaired) electrons. The summed E-state index contributed by atoms with van der Waals surface area (Å²) >= 11 is 5.57. The third-order valence-corrected chi connectivity index (χ3v) is 3.56. The lowest BCUT2D eigenvalue weighted by Gasteiger charge is -2.09. The number of alkyl halides is 6. The van der Waals surface area contributed by atoms with Crippen molar-refractivity contribution in [1.82, 2.24) is 4.98 Å². The van der Waals surface area contributed by atoms with Gasteiger partial charge < -0.3 is 5.73 Å². The highest BCUT2D eigenvalue weighted by molar-refractivity contribution is 6.30. The van der Waals surface area contributed by atoms with Gasteiger partial charge in [0.05, 0.1) is 22.0 Å². The molecule has 0 aliphatic carbocycles. The number of benzene rings is 1. The van der Waals surface area contributed by atoms with Crippen molar-refractivity contribution in [3.05, 3.63) is 70.4 Å². The Morgan fingerprint density at radius 2 is 1.71 bits per heavy atom. The molecular formula is C17H11ClF7N3. The number of halogens is 8. The molecule has 0 atom stereocenters. The first kappa shape index (κ1) is 21.7. The smallest absolute Gasteiger partial charge is 0.395 e. The topological polar surface area (TPSA) is 51.3 Å². The van der Waals surface area contributed by atoms with E-state index in [2.05, 4.69) is 9.98 Å². The Kier molecular flexibility index (Phi) is 6.33. The van der Waals surface area contributed by atoms with Gasteiger partial charge in [0.15, 0.2) is 0 Å². The van der Waals surface area contributed by atoms with Crippen LogP contribution in [0.15, 0.2) is 53.3 Å². The van der Waals surface area contributed by atoms with Gasteiger partial charge in [0.1, 0.15) is 11.5 Å². The lowest BCUT2D eigenvalue weighted by atomic mass is 10.1. The first-order chi connectivity index (χ1) is 12.9. The van der Waals surface area contributed by atoms with E-state index >= 15 is 0 Å². The highest BCUT2D eigenvalue weighted by Crippen LogP contribution is 2.30. The summed E-state index contributed by atoms with van der Waals surface area (Å²) in [5.74, 6) is -0.883. The summed E-state index contributed by atoms with van der Waals surface area (Å²) in [6.07, 6.45) is -8.39. The number of aromatic nitrogens is 1. The van der Waals surface area contributed by atoms with Crippen LogP contribution in [0.5, 0.6) is 0 Å². The molecule has 3 nitrogen and oxygen atoms in total. The lowest BCUT2D eigenvalue weighted by Crippen LogP contribution is -2.21. The fraction of sp³-hybridized carbons (Fsp3) is 0.176. The van der Waals surface area contributed by atoms with E-state index in [0.717, 1.165) is 24.4 Å². The predicted molar refractivity (Wildman–Crippen MR) is 89.8 cm³/mol. The number of hydrogen-bond acceptors (Lipinski definition) is 3. The van der Waals surface area contributed by atoms with Gasteiger partial charge in [-0.25, -0.2) is 4.39 Å². The zero-order valence-corrected chi connectivity index (χ0v) is 14.5. The first-order valence-electron chi connectivity index (χ1n) is 7.45. The fourth-order valence-corrected chi connectivity index (χ4v) is 2.16. The highest BCUT2D eigenvalue weighted by Gasteiger charge is 2.32. The van der Waals surface area contributed by atoms with Gasteiger partial charge in [-0.1, -0.05) is 11.6 Å². The van der Waals surface area contributed by atoms with Crippen LogP contribution in [0.2, 0.25) is 5.02 Å². The minimum atomic E-state index is -4.87. The molecule has 0 spiro atoms. The maximum atomic E-state index is 13.9. The van der Waals surface area contributed by atoms with Gasteiger partial charge in [-0.15, -0.1) is 0 Å². The van der Waals surface area contributed by atoms with Crippen LogP contribution in [-0.4, -0.2) is 16.9 Å². The zero-order valence-electron chi connectivity index (χ0n) is 13.7. The average molecular weight is 426 g/mol. The molecule has 1 aromatic carbocycles. The summed E-state index contributed by atoms with van der Waals surface area (Å²) in [7, 11) is 0. The lowest BCUT2D eigenvalue weighted by molar-refractivity contribution is -0.137. The van der Waals surface area contributed by atoms with Crippen molar-refractivity contribution in [3.63, 3.8) is 0 Å². The Labute approximate surface area is 159 Å². The van der Waals surface area contributed by atoms with Crippen LogP contribution < -0.4 is 5.73 Å². The Balaban J connectivity index is 2.44. The minimum Gasteiger partial charge on any atom is -0.395 e. The second-order valence-corrected chi connectivity index (χ2v) is 5.94. The number of aliphatic imine (C=N–C) groups is 1. The summed E-state index contributed by atoms with van der Waals surface area (Å²) in [6, 6.07) is 4.28. The van der Waals surface area contributed by atoms with Crippen molar-refractivity contribution in [2.45, 2.75) is 18.8 Å². The molecule has 0 aliphatic heterocycles. The third-order valence-electron chi connectivity index (χ3n) is 3.35. The Morgan fingerprint density at radius 1 is 1.11 bits per heavy atom. The summed E-state index contributed by atoms with van der Waals surface area (Å²) < 4.78 is 89.9. The average Bonchev–Trinajstić information content (AvgIpc) is 2.56. The van der Waals surface area contributed by atoms with E-state index in [4.69, 9.17) is 17.3 Å². The molecule has 2 N–H and O–H groups in total. The maximum absolute atomic E-state index is 13.9. The molecule has 2 rings (SSSR count). The van der Waals surface area contributed by atoms with Crippen LogP contribution in [0.3, 0.4) is 0 Å². The Bertz CT molecular complexity index is 900. The number of nitrogens with two attached hydrogens (primary N) is 1. The van der Waals surface area contributed by atoms with E-state index < -0.39 is 35.9 Å². The predicted octanol–water partition coefficient (Wildman–Crippen LogP) is 5.61. The molecule has 0 saturated heterocycles. The molecule has 0 saturated carbocycles. The monoisotopic (exact) mass is 425 g/mol. The highest BCUT2D eigenvalue weighted by atomic mass is 35.5. The van der Waals surface area contributed by atoms with Crippen LogP contribution in [-0.2, 0) is 12.6 Å². The van der Waals surface area contributed by atoms with Crippen molar-refractivity contribution < 1.29 is 30.7 Å². The van der Waals surface area contributed by atoms with E-state index in [0.29, 0.717) is 18.2 Å². The Morgan fingerprint density at radius 3 is 2.21 bits per heavy atom. The molecule has 0 fully saturated rings.